The van der Waals surface area contributed by atoms with Gasteiger partial charge in [-0.3, -0.25) is 4.79 Å². The largest absolute Gasteiger partial charge is 0.481 e. The van der Waals surface area contributed by atoms with E-state index in [9.17, 15) is 9.90 Å². The molecule has 0 aliphatic rings. The molecule has 0 bridgehead atoms. The maximum atomic E-state index is 11.2. The van der Waals surface area contributed by atoms with Crippen LogP contribution in [0, 0.1) is 11.8 Å². The van der Waals surface area contributed by atoms with Crippen molar-refractivity contribution in [1.29, 1.82) is 0 Å². The molecule has 2 atom stereocenters. The molecule has 4 heteroatoms. The third-order valence-corrected chi connectivity index (χ3v) is 3.86. The summed E-state index contributed by atoms with van der Waals surface area (Å²) in [6, 6.07) is 7.41. The summed E-state index contributed by atoms with van der Waals surface area (Å²) in [4.78, 5) is 12.4. The number of aliphatic carboxylic acids is 1. The third kappa shape index (κ3) is 3.75. The molecule has 0 aliphatic carbocycles. The molecule has 18 heavy (non-hydrogen) atoms. The first-order valence-electron chi connectivity index (χ1n) is 6.18. The summed E-state index contributed by atoms with van der Waals surface area (Å²) in [6.07, 6.45) is 0. The van der Waals surface area contributed by atoms with Crippen molar-refractivity contribution in [3.63, 3.8) is 0 Å². The molecule has 0 saturated heterocycles. The van der Waals surface area contributed by atoms with Crippen molar-refractivity contribution < 1.29 is 9.90 Å². The molecule has 1 aromatic carbocycles. The van der Waals surface area contributed by atoms with Gasteiger partial charge in [-0.05, 0) is 29.4 Å². The van der Waals surface area contributed by atoms with Gasteiger partial charge in [-0.15, -0.1) is 11.8 Å². The van der Waals surface area contributed by atoms with E-state index < -0.39 is 17.9 Å². The SMILES string of the molecule is CCSc1ccc(C(N)C(C(=O)O)C(C)C)cc1. The van der Waals surface area contributed by atoms with Crippen molar-refractivity contribution >= 4 is 17.7 Å². The summed E-state index contributed by atoms with van der Waals surface area (Å²) in [6.45, 7) is 5.88. The van der Waals surface area contributed by atoms with E-state index in [0.717, 1.165) is 11.3 Å². The van der Waals surface area contributed by atoms with Gasteiger partial charge < -0.3 is 10.8 Å². The number of carboxylic acid groups (broad SMARTS) is 1. The normalized spacial score (nSPS) is 14.5. The van der Waals surface area contributed by atoms with Gasteiger partial charge in [0.15, 0.2) is 0 Å². The van der Waals surface area contributed by atoms with Gasteiger partial charge in [0.1, 0.15) is 0 Å². The molecule has 1 rings (SSSR count). The van der Waals surface area contributed by atoms with E-state index in [-0.39, 0.29) is 5.92 Å². The van der Waals surface area contributed by atoms with Gasteiger partial charge >= 0.3 is 5.97 Å². The van der Waals surface area contributed by atoms with E-state index in [1.54, 1.807) is 11.8 Å². The molecule has 0 amide bonds. The second-order valence-electron chi connectivity index (χ2n) is 4.64. The summed E-state index contributed by atoms with van der Waals surface area (Å²) < 4.78 is 0. The van der Waals surface area contributed by atoms with E-state index in [4.69, 9.17) is 5.73 Å². The van der Waals surface area contributed by atoms with Crippen LogP contribution in [-0.2, 0) is 4.79 Å². The predicted octanol–water partition coefficient (Wildman–Crippen LogP) is 3.16. The zero-order chi connectivity index (χ0) is 13.7. The van der Waals surface area contributed by atoms with Crippen molar-refractivity contribution in [2.45, 2.75) is 31.7 Å². The van der Waals surface area contributed by atoms with Crippen LogP contribution in [0.1, 0.15) is 32.4 Å². The molecular weight excluding hydrogens is 246 g/mol. The zero-order valence-corrected chi connectivity index (χ0v) is 11.9. The highest BCUT2D eigenvalue weighted by Gasteiger charge is 2.29. The monoisotopic (exact) mass is 267 g/mol. The second-order valence-corrected chi connectivity index (χ2v) is 5.97. The number of nitrogens with two attached hydrogens (primary N) is 1. The third-order valence-electron chi connectivity index (χ3n) is 2.97. The Labute approximate surface area is 113 Å². The highest BCUT2D eigenvalue weighted by molar-refractivity contribution is 7.99. The molecule has 100 valence electrons. The number of thioether (sulfide) groups is 1. The van der Waals surface area contributed by atoms with Crippen LogP contribution in [-0.4, -0.2) is 16.8 Å². The number of hydrogen-bond acceptors (Lipinski definition) is 3. The van der Waals surface area contributed by atoms with Crippen molar-refractivity contribution in [2.75, 3.05) is 5.75 Å². The van der Waals surface area contributed by atoms with Crippen LogP contribution in [0.4, 0.5) is 0 Å². The lowest BCUT2D eigenvalue weighted by Gasteiger charge is -2.23. The fourth-order valence-corrected chi connectivity index (χ4v) is 2.68. The number of carbonyl (C=O) groups is 1. The highest BCUT2D eigenvalue weighted by Crippen LogP contribution is 2.28. The molecule has 0 spiro atoms. The lowest BCUT2D eigenvalue weighted by molar-refractivity contribution is -0.144. The summed E-state index contributed by atoms with van der Waals surface area (Å²) in [5, 5.41) is 9.23. The van der Waals surface area contributed by atoms with Crippen LogP contribution in [0.2, 0.25) is 0 Å². The lowest BCUT2D eigenvalue weighted by Crippen LogP contribution is -2.32. The number of hydrogen-bond donors (Lipinski definition) is 2. The minimum atomic E-state index is -0.829. The Bertz CT molecular complexity index is 389. The van der Waals surface area contributed by atoms with E-state index in [1.165, 1.54) is 4.90 Å². The topological polar surface area (TPSA) is 63.3 Å². The summed E-state index contributed by atoms with van der Waals surface area (Å²) >= 11 is 1.76. The first-order valence-corrected chi connectivity index (χ1v) is 7.17. The minimum Gasteiger partial charge on any atom is -0.481 e. The molecule has 1 aromatic rings. The van der Waals surface area contributed by atoms with Crippen molar-refractivity contribution in [3.05, 3.63) is 29.8 Å². The van der Waals surface area contributed by atoms with E-state index in [0.29, 0.717) is 0 Å². The van der Waals surface area contributed by atoms with E-state index in [2.05, 4.69) is 6.92 Å². The van der Waals surface area contributed by atoms with Gasteiger partial charge in [-0.1, -0.05) is 32.9 Å². The molecule has 0 saturated carbocycles. The van der Waals surface area contributed by atoms with Gasteiger partial charge in [-0.25, -0.2) is 0 Å². The number of benzene rings is 1. The highest BCUT2D eigenvalue weighted by atomic mass is 32.2. The van der Waals surface area contributed by atoms with Crippen LogP contribution >= 0.6 is 11.8 Å². The quantitative estimate of drug-likeness (QED) is 0.777. The van der Waals surface area contributed by atoms with Crippen LogP contribution < -0.4 is 5.73 Å². The van der Waals surface area contributed by atoms with Gasteiger partial charge in [0.2, 0.25) is 0 Å². The second kappa shape index (κ2) is 6.81. The average Bonchev–Trinajstić information content (AvgIpc) is 2.29. The smallest absolute Gasteiger partial charge is 0.308 e. The molecule has 3 nitrogen and oxygen atoms in total. The number of carboxylic acids is 1. The first kappa shape index (κ1) is 15.1. The van der Waals surface area contributed by atoms with Crippen LogP contribution in [0.25, 0.3) is 0 Å². The molecule has 2 unspecified atom stereocenters. The van der Waals surface area contributed by atoms with Crippen molar-refractivity contribution in [3.8, 4) is 0 Å². The lowest BCUT2D eigenvalue weighted by atomic mass is 9.85. The molecule has 0 aliphatic heterocycles. The average molecular weight is 267 g/mol. The Morgan fingerprint density at radius 2 is 1.89 bits per heavy atom. The molecule has 0 aromatic heterocycles. The fourth-order valence-electron chi connectivity index (χ4n) is 2.01. The van der Waals surface area contributed by atoms with Crippen LogP contribution in [0.5, 0.6) is 0 Å². The maximum Gasteiger partial charge on any atom is 0.308 e. The fraction of sp³-hybridized carbons (Fsp3) is 0.500. The van der Waals surface area contributed by atoms with Crippen LogP contribution in [0.3, 0.4) is 0 Å². The molecular formula is C14H21NO2S. The Balaban J connectivity index is 2.88. The Hall–Kier alpha value is -1.00. The standard InChI is InChI=1S/C14H21NO2S/c1-4-18-11-7-5-10(6-8-11)13(15)12(9(2)3)14(16)17/h5-9,12-13H,4,15H2,1-3H3,(H,16,17). The number of rotatable bonds is 6. The Morgan fingerprint density at radius 3 is 2.28 bits per heavy atom. The minimum absolute atomic E-state index is 0.0159. The molecule has 3 N–H and O–H groups in total. The molecule has 0 fully saturated rings. The van der Waals surface area contributed by atoms with E-state index >= 15 is 0 Å². The summed E-state index contributed by atoms with van der Waals surface area (Å²) in [5.41, 5.74) is 6.96. The van der Waals surface area contributed by atoms with Gasteiger partial charge in [-0.2, -0.15) is 0 Å². The first-order chi connectivity index (χ1) is 8.47. The maximum absolute atomic E-state index is 11.2. The zero-order valence-electron chi connectivity index (χ0n) is 11.1. The van der Waals surface area contributed by atoms with Gasteiger partial charge in [0.05, 0.1) is 5.92 Å². The van der Waals surface area contributed by atoms with Gasteiger partial charge in [0.25, 0.3) is 0 Å². The van der Waals surface area contributed by atoms with Gasteiger partial charge in [0, 0.05) is 10.9 Å². The van der Waals surface area contributed by atoms with E-state index in [1.807, 2.05) is 38.1 Å². The predicted molar refractivity (Wildman–Crippen MR) is 75.7 cm³/mol. The summed E-state index contributed by atoms with van der Waals surface area (Å²) in [5.74, 6) is -0.337. The summed E-state index contributed by atoms with van der Waals surface area (Å²) in [7, 11) is 0. The van der Waals surface area contributed by atoms with Crippen molar-refractivity contribution in [2.24, 2.45) is 17.6 Å². The van der Waals surface area contributed by atoms with Crippen LogP contribution in [0.15, 0.2) is 29.2 Å². The molecule has 0 radical (unpaired) electrons. The van der Waals surface area contributed by atoms with Crippen molar-refractivity contribution in [1.82, 2.24) is 0 Å². The Morgan fingerprint density at radius 1 is 1.33 bits per heavy atom. The molecule has 0 heterocycles. The Kier molecular flexibility index (Phi) is 5.69.